The lowest BCUT2D eigenvalue weighted by molar-refractivity contribution is -0.143. The number of carboxylic acid groups (broad SMARTS) is 1. The van der Waals surface area contributed by atoms with Crippen molar-refractivity contribution in [1.82, 2.24) is 10.3 Å². The molecule has 0 unspecified atom stereocenters. The minimum absolute atomic E-state index is 0.0440. The molecular formula is C26H23N3O5S. The number of aromatic nitrogens is 1. The van der Waals surface area contributed by atoms with Gasteiger partial charge in [0.25, 0.3) is 5.91 Å². The molecule has 0 spiro atoms. The zero-order valence-electron chi connectivity index (χ0n) is 18.7. The van der Waals surface area contributed by atoms with E-state index in [4.69, 9.17) is 4.74 Å². The minimum Gasteiger partial charge on any atom is -0.481 e. The summed E-state index contributed by atoms with van der Waals surface area (Å²) in [7, 11) is 0. The maximum Gasteiger partial charge on any atom is 0.413 e. The Hall–Kier alpha value is -3.72. The largest absolute Gasteiger partial charge is 0.481 e. The fourth-order valence-electron chi connectivity index (χ4n) is 5.68. The summed E-state index contributed by atoms with van der Waals surface area (Å²) in [5.41, 5.74) is 4.10. The molecule has 8 nitrogen and oxygen atoms in total. The zero-order chi connectivity index (χ0) is 24.2. The first-order chi connectivity index (χ1) is 16.9. The Balaban J connectivity index is 1.05. The van der Waals surface area contributed by atoms with E-state index >= 15 is 0 Å². The average Bonchev–Trinajstić information content (AvgIpc) is 3.17. The Labute approximate surface area is 205 Å². The summed E-state index contributed by atoms with van der Waals surface area (Å²) < 4.78 is 5.53. The summed E-state index contributed by atoms with van der Waals surface area (Å²) in [4.78, 5) is 40.7. The molecule has 9 heteroatoms. The Kier molecular flexibility index (Phi) is 5.10. The van der Waals surface area contributed by atoms with Crippen molar-refractivity contribution >= 4 is 34.4 Å². The molecule has 3 aliphatic carbocycles. The molecule has 6 rings (SSSR count). The molecule has 3 aromatic rings. The van der Waals surface area contributed by atoms with Crippen LogP contribution in [0.5, 0.6) is 0 Å². The third kappa shape index (κ3) is 3.76. The predicted molar refractivity (Wildman–Crippen MR) is 129 cm³/mol. The molecule has 35 heavy (non-hydrogen) atoms. The number of anilines is 1. The van der Waals surface area contributed by atoms with E-state index in [0.717, 1.165) is 33.6 Å². The number of benzene rings is 2. The molecule has 1 aromatic heterocycles. The maximum absolute atomic E-state index is 12.6. The topological polar surface area (TPSA) is 118 Å². The van der Waals surface area contributed by atoms with Gasteiger partial charge in [-0.3, -0.25) is 14.9 Å². The quantitative estimate of drug-likeness (QED) is 0.470. The smallest absolute Gasteiger partial charge is 0.413 e. The van der Waals surface area contributed by atoms with Crippen LogP contribution in [-0.2, 0) is 9.53 Å². The van der Waals surface area contributed by atoms with Crippen molar-refractivity contribution in [2.45, 2.75) is 31.2 Å². The Morgan fingerprint density at radius 3 is 2.40 bits per heavy atom. The second-order valence-corrected chi connectivity index (χ2v) is 10.3. The number of ether oxygens (including phenoxy) is 1. The number of nitrogens with zero attached hydrogens (tertiary/aromatic N) is 1. The Bertz CT molecular complexity index is 1310. The Morgan fingerprint density at radius 2 is 1.74 bits per heavy atom. The molecule has 0 saturated heterocycles. The van der Waals surface area contributed by atoms with Crippen molar-refractivity contribution in [2.24, 2.45) is 11.3 Å². The van der Waals surface area contributed by atoms with Gasteiger partial charge in [-0.25, -0.2) is 9.78 Å². The van der Waals surface area contributed by atoms with E-state index in [1.165, 1.54) is 0 Å². The van der Waals surface area contributed by atoms with Crippen LogP contribution in [0, 0.1) is 11.3 Å². The highest BCUT2D eigenvalue weighted by atomic mass is 32.1. The lowest BCUT2D eigenvalue weighted by Gasteiger charge is -2.15. The van der Waals surface area contributed by atoms with Crippen LogP contribution < -0.4 is 10.6 Å². The second kappa shape index (κ2) is 8.20. The number of hydrogen-bond acceptors (Lipinski definition) is 6. The monoisotopic (exact) mass is 489 g/mol. The van der Waals surface area contributed by atoms with Gasteiger partial charge >= 0.3 is 12.1 Å². The van der Waals surface area contributed by atoms with Gasteiger partial charge in [0.15, 0.2) is 5.13 Å². The summed E-state index contributed by atoms with van der Waals surface area (Å²) in [6.45, 7) is 0.187. The molecule has 178 valence electrons. The lowest BCUT2D eigenvalue weighted by Crippen LogP contribution is -2.35. The third-order valence-electron chi connectivity index (χ3n) is 7.46. The van der Waals surface area contributed by atoms with Crippen LogP contribution in [-0.4, -0.2) is 40.7 Å². The van der Waals surface area contributed by atoms with Crippen LogP contribution in [0.4, 0.5) is 9.93 Å². The van der Waals surface area contributed by atoms with Crippen molar-refractivity contribution in [2.75, 3.05) is 11.9 Å². The normalized spacial score (nSPS) is 23.7. The van der Waals surface area contributed by atoms with Crippen molar-refractivity contribution in [3.05, 3.63) is 70.7 Å². The van der Waals surface area contributed by atoms with E-state index in [2.05, 4.69) is 39.9 Å². The van der Waals surface area contributed by atoms with Gasteiger partial charge in [0.2, 0.25) is 0 Å². The van der Waals surface area contributed by atoms with Crippen LogP contribution in [0.2, 0.25) is 0 Å². The number of amides is 2. The van der Waals surface area contributed by atoms with E-state index in [0.29, 0.717) is 19.3 Å². The molecule has 2 amide bonds. The summed E-state index contributed by atoms with van der Waals surface area (Å²) in [6.07, 6.45) is 1.19. The number of rotatable bonds is 6. The van der Waals surface area contributed by atoms with Gasteiger partial charge in [0, 0.05) is 17.3 Å². The molecule has 3 N–H and O–H groups in total. The summed E-state index contributed by atoms with van der Waals surface area (Å²) in [5, 5.41) is 16.7. The summed E-state index contributed by atoms with van der Waals surface area (Å²) in [5.74, 6) is -1.04. The fraction of sp³-hybridized carbons (Fsp3) is 0.308. The van der Waals surface area contributed by atoms with Crippen molar-refractivity contribution in [1.29, 1.82) is 0 Å². The van der Waals surface area contributed by atoms with Crippen LogP contribution >= 0.6 is 11.3 Å². The minimum atomic E-state index is -0.775. The first-order valence-electron chi connectivity index (χ1n) is 11.6. The number of nitrogens with one attached hydrogen (secondary N) is 2. The summed E-state index contributed by atoms with van der Waals surface area (Å²) in [6, 6.07) is 16.1. The standard InChI is InChI=1S/C26H23N3O5S/c30-22(27-15-9-14-10-26(14,11-15)23(31)32)21-13-35-24(28-21)29-25(33)34-12-20-18-7-3-1-5-16(18)17-6-2-4-8-19(17)20/h1-8,13-15,20H,9-12H2,(H,27,30)(H,31,32)(H,28,29,33)/t14-,15+,26+/m1/s1. The molecule has 1 heterocycles. The van der Waals surface area contributed by atoms with E-state index in [-0.39, 0.29) is 41.2 Å². The SMILES string of the molecule is O=C(Nc1nc(C(=O)N[C@H]2C[C@@H]3C[C@]3(C(=O)O)C2)cs1)OCC1c2ccccc2-c2ccccc21. The molecule has 0 bridgehead atoms. The van der Waals surface area contributed by atoms with E-state index in [1.54, 1.807) is 5.38 Å². The number of carboxylic acids is 1. The first kappa shape index (κ1) is 21.8. The van der Waals surface area contributed by atoms with Gasteiger partial charge in [0.1, 0.15) is 12.3 Å². The number of aliphatic carboxylic acids is 1. The lowest BCUT2D eigenvalue weighted by atomic mass is 9.98. The predicted octanol–water partition coefficient (Wildman–Crippen LogP) is 4.49. The van der Waals surface area contributed by atoms with E-state index < -0.39 is 17.5 Å². The van der Waals surface area contributed by atoms with Crippen LogP contribution in [0.25, 0.3) is 11.1 Å². The highest BCUT2D eigenvalue weighted by molar-refractivity contribution is 7.14. The third-order valence-corrected chi connectivity index (χ3v) is 8.22. The molecule has 0 radical (unpaired) electrons. The molecular weight excluding hydrogens is 466 g/mol. The average molecular weight is 490 g/mol. The summed E-state index contributed by atoms with van der Waals surface area (Å²) >= 11 is 1.13. The van der Waals surface area contributed by atoms with Crippen LogP contribution in [0.15, 0.2) is 53.9 Å². The second-order valence-electron chi connectivity index (χ2n) is 9.46. The van der Waals surface area contributed by atoms with Gasteiger partial charge in [-0.05, 0) is 47.4 Å². The van der Waals surface area contributed by atoms with Gasteiger partial charge < -0.3 is 15.2 Å². The van der Waals surface area contributed by atoms with Crippen molar-refractivity contribution in [3.8, 4) is 11.1 Å². The number of thiazole rings is 1. The number of carbonyl (C=O) groups is 3. The highest BCUT2D eigenvalue weighted by Crippen LogP contribution is 2.63. The fourth-order valence-corrected chi connectivity index (χ4v) is 6.36. The van der Waals surface area contributed by atoms with Gasteiger partial charge in [-0.15, -0.1) is 11.3 Å². The zero-order valence-corrected chi connectivity index (χ0v) is 19.5. The molecule has 2 aromatic carbocycles. The van der Waals surface area contributed by atoms with Crippen molar-refractivity contribution in [3.63, 3.8) is 0 Å². The van der Waals surface area contributed by atoms with E-state index in [9.17, 15) is 19.5 Å². The molecule has 3 aliphatic rings. The van der Waals surface area contributed by atoms with Gasteiger partial charge in [0.05, 0.1) is 5.41 Å². The van der Waals surface area contributed by atoms with Gasteiger partial charge in [-0.1, -0.05) is 48.5 Å². The molecule has 3 atom stereocenters. The Morgan fingerprint density at radius 1 is 1.06 bits per heavy atom. The van der Waals surface area contributed by atoms with Gasteiger partial charge in [-0.2, -0.15) is 0 Å². The van der Waals surface area contributed by atoms with E-state index in [1.807, 2.05) is 24.3 Å². The van der Waals surface area contributed by atoms with Crippen molar-refractivity contribution < 1.29 is 24.2 Å². The molecule has 2 fully saturated rings. The molecule has 2 saturated carbocycles. The highest BCUT2D eigenvalue weighted by Gasteiger charge is 2.65. The van der Waals surface area contributed by atoms with Crippen LogP contribution in [0.3, 0.4) is 0 Å². The number of carbonyl (C=O) groups excluding carboxylic acids is 2. The number of hydrogen-bond donors (Lipinski definition) is 3. The first-order valence-corrected chi connectivity index (χ1v) is 12.4. The molecule has 0 aliphatic heterocycles. The maximum atomic E-state index is 12.6. The van der Waals surface area contributed by atoms with Crippen LogP contribution in [0.1, 0.15) is 46.8 Å². The number of fused-ring (bicyclic) bond motifs is 4.